The fourth-order valence-corrected chi connectivity index (χ4v) is 3.56. The minimum Gasteiger partial charge on any atom is -0.390 e. The lowest BCUT2D eigenvalue weighted by Gasteiger charge is -2.43. The predicted octanol–water partition coefficient (Wildman–Crippen LogP) is 3.60. The summed E-state index contributed by atoms with van der Waals surface area (Å²) >= 11 is 0. The van der Waals surface area contributed by atoms with Gasteiger partial charge in [0.15, 0.2) is 0 Å². The third-order valence-corrected chi connectivity index (χ3v) is 4.82. The average Bonchev–Trinajstić information content (AvgIpc) is 2.49. The number of aromatic nitrogens is 1. The van der Waals surface area contributed by atoms with Crippen LogP contribution in [-0.2, 0) is 6.61 Å². The molecule has 3 unspecified atom stereocenters. The molecule has 2 aromatic rings. The molecule has 0 bridgehead atoms. The maximum absolute atomic E-state index is 9.51. The molecule has 3 rings (SSSR count). The van der Waals surface area contributed by atoms with E-state index in [1.165, 1.54) is 17.5 Å². The first-order valence-electron chi connectivity index (χ1n) is 7.86. The molecule has 1 N–H and O–H groups in total. The number of benzene rings is 1. The van der Waals surface area contributed by atoms with E-state index in [9.17, 15) is 5.11 Å². The highest BCUT2D eigenvalue weighted by Crippen LogP contribution is 2.35. The van der Waals surface area contributed by atoms with E-state index in [1.54, 1.807) is 0 Å². The summed E-state index contributed by atoms with van der Waals surface area (Å²) in [4.78, 5) is 7.04. The van der Waals surface area contributed by atoms with Crippen LogP contribution in [0, 0.1) is 11.8 Å². The molecule has 21 heavy (non-hydrogen) atoms. The number of piperidine rings is 1. The molecule has 1 aliphatic rings. The van der Waals surface area contributed by atoms with Crippen molar-refractivity contribution in [2.24, 2.45) is 11.8 Å². The van der Waals surface area contributed by atoms with E-state index in [2.05, 4.69) is 48.9 Å². The Balaban J connectivity index is 2.13. The van der Waals surface area contributed by atoms with Crippen molar-refractivity contribution < 1.29 is 5.11 Å². The van der Waals surface area contributed by atoms with Gasteiger partial charge in [0.1, 0.15) is 0 Å². The summed E-state index contributed by atoms with van der Waals surface area (Å²) in [5.74, 6) is 1.37. The van der Waals surface area contributed by atoms with Gasteiger partial charge >= 0.3 is 0 Å². The predicted molar refractivity (Wildman–Crippen MR) is 87.4 cm³/mol. The van der Waals surface area contributed by atoms with Crippen LogP contribution in [0.3, 0.4) is 0 Å². The maximum atomic E-state index is 9.51. The molecule has 3 atom stereocenters. The minimum atomic E-state index is -0.00877. The van der Waals surface area contributed by atoms with Gasteiger partial charge in [-0.3, -0.25) is 4.98 Å². The lowest BCUT2D eigenvalue weighted by Crippen LogP contribution is -2.46. The summed E-state index contributed by atoms with van der Waals surface area (Å²) in [5.41, 5.74) is 2.94. The Morgan fingerprint density at radius 1 is 1.24 bits per heavy atom. The van der Waals surface area contributed by atoms with Crippen LogP contribution < -0.4 is 4.90 Å². The molecule has 3 heteroatoms. The van der Waals surface area contributed by atoms with Gasteiger partial charge in [-0.1, -0.05) is 32.0 Å². The average molecular weight is 284 g/mol. The maximum Gasteiger partial charge on any atom is 0.0854 e. The molecule has 0 spiro atoms. The number of anilines is 1. The molecule has 1 aromatic carbocycles. The highest BCUT2D eigenvalue weighted by Gasteiger charge is 2.30. The van der Waals surface area contributed by atoms with Crippen LogP contribution >= 0.6 is 0 Å². The number of pyridine rings is 1. The number of fused-ring (bicyclic) bond motifs is 1. The van der Waals surface area contributed by atoms with E-state index in [0.717, 1.165) is 17.8 Å². The molecule has 1 aromatic heterocycles. The van der Waals surface area contributed by atoms with Crippen LogP contribution in [-0.4, -0.2) is 22.7 Å². The number of hydrogen-bond donors (Lipinski definition) is 1. The molecule has 1 saturated heterocycles. The van der Waals surface area contributed by atoms with E-state index >= 15 is 0 Å². The zero-order valence-electron chi connectivity index (χ0n) is 13.1. The standard InChI is InChI=1S/C18H24N2O/c1-12-8-13(2)14(3)20(10-12)18-9-15(11-21)19-17-7-5-4-6-16(17)18/h4-7,9,12-14,21H,8,10-11H2,1-3H3. The first-order valence-corrected chi connectivity index (χ1v) is 7.86. The van der Waals surface area contributed by atoms with Crippen molar-refractivity contribution in [3.8, 4) is 0 Å². The summed E-state index contributed by atoms with van der Waals surface area (Å²) in [6, 6.07) is 10.8. The van der Waals surface area contributed by atoms with E-state index < -0.39 is 0 Å². The van der Waals surface area contributed by atoms with Gasteiger partial charge in [0.05, 0.1) is 17.8 Å². The van der Waals surface area contributed by atoms with Crippen LogP contribution in [0.1, 0.15) is 32.9 Å². The molecular weight excluding hydrogens is 260 g/mol. The fraction of sp³-hybridized carbons (Fsp3) is 0.500. The second-order valence-corrected chi connectivity index (χ2v) is 6.52. The molecule has 1 fully saturated rings. The largest absolute Gasteiger partial charge is 0.390 e. The molecule has 1 aliphatic heterocycles. The van der Waals surface area contributed by atoms with Crippen LogP contribution in [0.2, 0.25) is 0 Å². The third kappa shape index (κ3) is 2.62. The molecular formula is C18H24N2O. The first-order chi connectivity index (χ1) is 10.1. The Morgan fingerprint density at radius 2 is 2.00 bits per heavy atom. The lowest BCUT2D eigenvalue weighted by molar-refractivity contribution is 0.276. The van der Waals surface area contributed by atoms with Crippen LogP contribution in [0.5, 0.6) is 0 Å². The Morgan fingerprint density at radius 3 is 2.76 bits per heavy atom. The zero-order chi connectivity index (χ0) is 15.0. The van der Waals surface area contributed by atoms with Gasteiger partial charge in [0, 0.05) is 23.7 Å². The van der Waals surface area contributed by atoms with Gasteiger partial charge in [0.2, 0.25) is 0 Å². The topological polar surface area (TPSA) is 36.4 Å². The Bertz CT molecular complexity index is 640. The monoisotopic (exact) mass is 284 g/mol. The van der Waals surface area contributed by atoms with Crippen molar-refractivity contribution in [2.45, 2.75) is 39.8 Å². The van der Waals surface area contributed by atoms with E-state index in [1.807, 2.05) is 12.1 Å². The van der Waals surface area contributed by atoms with Crippen molar-refractivity contribution in [1.82, 2.24) is 4.98 Å². The molecule has 0 radical (unpaired) electrons. The minimum absolute atomic E-state index is 0.00877. The van der Waals surface area contributed by atoms with Gasteiger partial charge < -0.3 is 10.0 Å². The van der Waals surface area contributed by atoms with Crippen molar-refractivity contribution in [3.05, 3.63) is 36.0 Å². The van der Waals surface area contributed by atoms with Crippen molar-refractivity contribution in [1.29, 1.82) is 0 Å². The van der Waals surface area contributed by atoms with Crippen molar-refractivity contribution >= 4 is 16.6 Å². The summed E-state index contributed by atoms with van der Waals surface area (Å²) in [6.07, 6.45) is 1.29. The summed E-state index contributed by atoms with van der Waals surface area (Å²) in [7, 11) is 0. The Labute approximate surface area is 126 Å². The first kappa shape index (κ1) is 14.3. The second kappa shape index (κ2) is 5.64. The number of aliphatic hydroxyl groups excluding tert-OH is 1. The normalized spacial score (nSPS) is 26.3. The molecule has 0 saturated carbocycles. The summed E-state index contributed by atoms with van der Waals surface area (Å²) in [6.45, 7) is 8.04. The molecule has 112 valence electrons. The number of aliphatic hydroxyl groups is 1. The quantitative estimate of drug-likeness (QED) is 0.915. The SMILES string of the molecule is CC1CC(C)C(C)N(c2cc(CO)nc3ccccc23)C1. The van der Waals surface area contributed by atoms with E-state index in [0.29, 0.717) is 17.9 Å². The molecule has 0 aliphatic carbocycles. The molecule has 3 nitrogen and oxygen atoms in total. The van der Waals surface area contributed by atoms with Gasteiger partial charge in [-0.05, 0) is 37.3 Å². The van der Waals surface area contributed by atoms with E-state index in [-0.39, 0.29) is 6.61 Å². The van der Waals surface area contributed by atoms with Crippen LogP contribution in [0.25, 0.3) is 10.9 Å². The van der Waals surface area contributed by atoms with Gasteiger partial charge in [0.25, 0.3) is 0 Å². The van der Waals surface area contributed by atoms with Crippen molar-refractivity contribution in [3.63, 3.8) is 0 Å². The van der Waals surface area contributed by atoms with Crippen LogP contribution in [0.15, 0.2) is 30.3 Å². The highest BCUT2D eigenvalue weighted by molar-refractivity contribution is 5.92. The summed E-state index contributed by atoms with van der Waals surface area (Å²) in [5, 5.41) is 10.7. The van der Waals surface area contributed by atoms with Gasteiger partial charge in [-0.25, -0.2) is 0 Å². The lowest BCUT2D eigenvalue weighted by atomic mass is 9.85. The summed E-state index contributed by atoms with van der Waals surface area (Å²) < 4.78 is 0. The number of nitrogens with zero attached hydrogens (tertiary/aromatic N) is 2. The van der Waals surface area contributed by atoms with Crippen LogP contribution in [0.4, 0.5) is 5.69 Å². The number of rotatable bonds is 2. The number of para-hydroxylation sites is 1. The number of hydrogen-bond acceptors (Lipinski definition) is 3. The molecule has 2 heterocycles. The smallest absolute Gasteiger partial charge is 0.0854 e. The highest BCUT2D eigenvalue weighted by atomic mass is 16.3. The van der Waals surface area contributed by atoms with Crippen molar-refractivity contribution in [2.75, 3.05) is 11.4 Å². The Hall–Kier alpha value is -1.61. The van der Waals surface area contributed by atoms with Gasteiger partial charge in [-0.15, -0.1) is 0 Å². The van der Waals surface area contributed by atoms with E-state index in [4.69, 9.17) is 0 Å². The second-order valence-electron chi connectivity index (χ2n) is 6.52. The third-order valence-electron chi connectivity index (χ3n) is 4.82. The van der Waals surface area contributed by atoms with Gasteiger partial charge in [-0.2, -0.15) is 0 Å². The Kier molecular flexibility index (Phi) is 3.85. The molecule has 0 amide bonds. The fourth-order valence-electron chi connectivity index (χ4n) is 3.56. The zero-order valence-corrected chi connectivity index (χ0v) is 13.1.